The van der Waals surface area contributed by atoms with Crippen LogP contribution in [-0.4, -0.2) is 65.4 Å². The number of rotatable bonds is 7. The van der Waals surface area contributed by atoms with Gasteiger partial charge in [-0.2, -0.15) is 0 Å². The van der Waals surface area contributed by atoms with Crippen LogP contribution in [0.25, 0.3) is 11.0 Å². The topological polar surface area (TPSA) is 104 Å². The number of fused-ring (bicyclic) bond motifs is 2. The van der Waals surface area contributed by atoms with Crippen LogP contribution < -0.4 is 21.5 Å². The molecule has 36 heavy (non-hydrogen) atoms. The van der Waals surface area contributed by atoms with Gasteiger partial charge < -0.3 is 20.5 Å². The Morgan fingerprint density at radius 3 is 2.72 bits per heavy atom. The van der Waals surface area contributed by atoms with Crippen LogP contribution >= 0.6 is 11.6 Å². The molecule has 1 fully saturated rings. The fourth-order valence-corrected chi connectivity index (χ4v) is 5.63. The van der Waals surface area contributed by atoms with E-state index in [2.05, 4.69) is 10.2 Å². The van der Waals surface area contributed by atoms with E-state index in [1.807, 2.05) is 35.8 Å². The molecule has 192 valence electrons. The molecule has 1 amide bonds. The first-order valence-electron chi connectivity index (χ1n) is 12.4. The lowest BCUT2D eigenvalue weighted by molar-refractivity contribution is 0.00552. The number of methoxy groups -OCH3 is 1. The maximum atomic E-state index is 13.2. The number of imidazole rings is 1. The van der Waals surface area contributed by atoms with Crippen molar-refractivity contribution in [2.24, 2.45) is 0 Å². The zero-order valence-corrected chi connectivity index (χ0v) is 21.4. The summed E-state index contributed by atoms with van der Waals surface area (Å²) in [5.74, 6) is 0.284. The number of hydrogen-bond donors (Lipinski definition) is 2. The SMILES string of the molecule is CCn1c(=O)n(CCN2CCC(NC(=O)c3cc(Cl)c(N)c4c3OCC4)C(OC)C2)c2ccccc21. The van der Waals surface area contributed by atoms with E-state index in [0.717, 1.165) is 29.6 Å². The van der Waals surface area contributed by atoms with E-state index in [4.69, 9.17) is 26.8 Å². The first kappa shape index (κ1) is 24.7. The number of hydrogen-bond acceptors (Lipinski definition) is 6. The standard InChI is InChI=1S/C26H32ClN5O4/c1-3-31-20-6-4-5-7-21(20)32(26(31)34)12-11-30-10-8-19(22(15-30)35-2)29-25(33)17-14-18(27)23(28)16-9-13-36-24(16)17/h4-7,14,19,22H,3,8-13,15,28H2,1-2H3,(H,29,33). The Kier molecular flexibility index (Phi) is 6.96. The van der Waals surface area contributed by atoms with Gasteiger partial charge in [0.2, 0.25) is 0 Å². The van der Waals surface area contributed by atoms with Gasteiger partial charge in [0.15, 0.2) is 0 Å². The number of aryl methyl sites for hydroxylation is 1. The van der Waals surface area contributed by atoms with Crippen molar-refractivity contribution in [3.8, 4) is 5.75 Å². The summed E-state index contributed by atoms with van der Waals surface area (Å²) >= 11 is 6.29. The molecule has 0 saturated carbocycles. The van der Waals surface area contributed by atoms with Crippen LogP contribution in [0, 0.1) is 0 Å². The lowest BCUT2D eigenvalue weighted by Gasteiger charge is -2.38. The summed E-state index contributed by atoms with van der Waals surface area (Å²) in [4.78, 5) is 28.4. The van der Waals surface area contributed by atoms with Crippen molar-refractivity contribution in [3.63, 3.8) is 0 Å². The van der Waals surface area contributed by atoms with Crippen molar-refractivity contribution in [1.82, 2.24) is 19.4 Å². The molecule has 1 aromatic heterocycles. The van der Waals surface area contributed by atoms with Crippen LogP contribution in [-0.2, 0) is 24.2 Å². The Bertz CT molecular complexity index is 1350. The quantitative estimate of drug-likeness (QED) is 0.470. The number of nitrogens with zero attached hydrogens (tertiary/aromatic N) is 3. The van der Waals surface area contributed by atoms with E-state index in [0.29, 0.717) is 61.2 Å². The number of para-hydroxylation sites is 2. The van der Waals surface area contributed by atoms with E-state index in [1.165, 1.54) is 0 Å². The van der Waals surface area contributed by atoms with E-state index >= 15 is 0 Å². The van der Waals surface area contributed by atoms with Crippen LogP contribution in [0.15, 0.2) is 35.1 Å². The molecule has 2 atom stereocenters. The van der Waals surface area contributed by atoms with Gasteiger partial charge in [-0.25, -0.2) is 4.79 Å². The third kappa shape index (κ3) is 4.36. The second kappa shape index (κ2) is 10.2. The summed E-state index contributed by atoms with van der Waals surface area (Å²) in [6, 6.07) is 9.32. The number of carbonyl (C=O) groups is 1. The predicted octanol–water partition coefficient (Wildman–Crippen LogP) is 2.51. The zero-order chi connectivity index (χ0) is 25.4. The van der Waals surface area contributed by atoms with Crippen molar-refractivity contribution >= 4 is 34.2 Å². The average molecular weight is 514 g/mol. The number of nitrogens with one attached hydrogen (secondary N) is 1. The Balaban J connectivity index is 1.25. The third-order valence-electron chi connectivity index (χ3n) is 7.36. The molecule has 3 aromatic rings. The van der Waals surface area contributed by atoms with Crippen LogP contribution in [0.2, 0.25) is 5.02 Å². The van der Waals surface area contributed by atoms with Crippen molar-refractivity contribution in [2.75, 3.05) is 39.1 Å². The number of halogens is 1. The number of amides is 1. The number of aromatic nitrogens is 2. The number of ether oxygens (including phenoxy) is 2. The molecule has 3 heterocycles. The summed E-state index contributed by atoms with van der Waals surface area (Å²) in [6.07, 6.45) is 1.18. The van der Waals surface area contributed by atoms with Gasteiger partial charge in [-0.05, 0) is 31.5 Å². The van der Waals surface area contributed by atoms with Crippen LogP contribution in [0.4, 0.5) is 5.69 Å². The van der Waals surface area contributed by atoms with Crippen molar-refractivity contribution in [2.45, 2.75) is 45.0 Å². The van der Waals surface area contributed by atoms with Gasteiger partial charge in [-0.3, -0.25) is 18.8 Å². The Morgan fingerprint density at radius 2 is 2.00 bits per heavy atom. The van der Waals surface area contributed by atoms with Crippen molar-refractivity contribution < 1.29 is 14.3 Å². The molecule has 0 radical (unpaired) electrons. The minimum Gasteiger partial charge on any atom is -0.492 e. The normalized spacial score (nSPS) is 19.9. The minimum absolute atomic E-state index is 0.0149. The van der Waals surface area contributed by atoms with Crippen molar-refractivity contribution in [3.05, 3.63) is 57.0 Å². The number of benzene rings is 2. The summed E-state index contributed by atoms with van der Waals surface area (Å²) < 4.78 is 15.1. The fraction of sp³-hybridized carbons (Fsp3) is 0.462. The van der Waals surface area contributed by atoms with Crippen LogP contribution in [0.3, 0.4) is 0 Å². The Labute approximate surface area is 214 Å². The number of piperidine rings is 1. The summed E-state index contributed by atoms with van der Waals surface area (Å²) in [6.45, 7) is 5.85. The summed E-state index contributed by atoms with van der Waals surface area (Å²) in [7, 11) is 1.66. The number of likely N-dealkylation sites (tertiary alicyclic amines) is 1. The van der Waals surface area contributed by atoms with E-state index in [9.17, 15) is 9.59 Å². The molecule has 9 nitrogen and oxygen atoms in total. The molecule has 2 aliphatic heterocycles. The van der Waals surface area contributed by atoms with Crippen LogP contribution in [0.1, 0.15) is 29.3 Å². The van der Waals surface area contributed by atoms with E-state index in [1.54, 1.807) is 17.7 Å². The lowest BCUT2D eigenvalue weighted by Crippen LogP contribution is -2.55. The third-order valence-corrected chi connectivity index (χ3v) is 7.67. The molecule has 10 heteroatoms. The number of carbonyl (C=O) groups excluding carboxylic acids is 1. The Morgan fingerprint density at radius 1 is 1.25 bits per heavy atom. The maximum Gasteiger partial charge on any atom is 0.329 e. The summed E-state index contributed by atoms with van der Waals surface area (Å²) in [5.41, 5.74) is 9.68. The van der Waals surface area contributed by atoms with E-state index < -0.39 is 0 Å². The highest BCUT2D eigenvalue weighted by Crippen LogP contribution is 2.38. The first-order chi connectivity index (χ1) is 17.4. The predicted molar refractivity (Wildman–Crippen MR) is 140 cm³/mol. The van der Waals surface area contributed by atoms with Gasteiger partial charge in [0.25, 0.3) is 5.91 Å². The van der Waals surface area contributed by atoms with Gasteiger partial charge in [0.1, 0.15) is 5.75 Å². The highest BCUT2D eigenvalue weighted by Gasteiger charge is 2.32. The molecule has 2 aromatic carbocycles. The first-order valence-corrected chi connectivity index (χ1v) is 12.8. The lowest BCUT2D eigenvalue weighted by atomic mass is 10.00. The largest absolute Gasteiger partial charge is 0.492 e. The van der Waals surface area contributed by atoms with E-state index in [-0.39, 0.29) is 23.7 Å². The van der Waals surface area contributed by atoms with Gasteiger partial charge in [0.05, 0.1) is 46.1 Å². The zero-order valence-electron chi connectivity index (χ0n) is 20.6. The highest BCUT2D eigenvalue weighted by atomic mass is 35.5. The summed E-state index contributed by atoms with van der Waals surface area (Å²) in [5, 5.41) is 3.49. The maximum absolute atomic E-state index is 13.2. The molecule has 1 saturated heterocycles. The molecule has 5 rings (SSSR count). The monoisotopic (exact) mass is 513 g/mol. The number of nitrogen functional groups attached to an aromatic ring is 1. The molecule has 2 aliphatic rings. The molecular formula is C26H32ClN5O4. The fourth-order valence-electron chi connectivity index (χ4n) is 5.41. The van der Waals surface area contributed by atoms with Crippen molar-refractivity contribution in [1.29, 1.82) is 0 Å². The van der Waals surface area contributed by atoms with Gasteiger partial charge >= 0.3 is 5.69 Å². The number of nitrogens with two attached hydrogens (primary N) is 1. The molecular weight excluding hydrogens is 482 g/mol. The molecule has 0 aliphatic carbocycles. The second-order valence-electron chi connectivity index (χ2n) is 9.34. The van der Waals surface area contributed by atoms with Gasteiger partial charge in [-0.1, -0.05) is 23.7 Å². The molecule has 2 unspecified atom stereocenters. The molecule has 0 spiro atoms. The molecule has 0 bridgehead atoms. The van der Waals surface area contributed by atoms with Gasteiger partial charge in [0, 0.05) is 51.8 Å². The minimum atomic E-state index is -0.241. The highest BCUT2D eigenvalue weighted by molar-refractivity contribution is 6.33. The van der Waals surface area contributed by atoms with Crippen LogP contribution in [0.5, 0.6) is 5.75 Å². The smallest absolute Gasteiger partial charge is 0.329 e. The van der Waals surface area contributed by atoms with Gasteiger partial charge in [-0.15, -0.1) is 0 Å². The second-order valence-corrected chi connectivity index (χ2v) is 9.74. The number of anilines is 1. The Hall–Kier alpha value is -3.01. The molecule has 3 N–H and O–H groups in total. The average Bonchev–Trinajstić information content (AvgIpc) is 3.48.